The summed E-state index contributed by atoms with van der Waals surface area (Å²) in [5, 5.41) is 0. The molecule has 2 aromatic rings. The van der Waals surface area contributed by atoms with Gasteiger partial charge in [0.05, 0.1) is 12.0 Å². The van der Waals surface area contributed by atoms with Crippen molar-refractivity contribution in [3.05, 3.63) is 48.0 Å². The van der Waals surface area contributed by atoms with Gasteiger partial charge in [-0.15, -0.1) is 0 Å². The molecule has 0 heterocycles. The highest BCUT2D eigenvalue weighted by molar-refractivity contribution is 7.92. The van der Waals surface area contributed by atoms with Crippen molar-refractivity contribution in [1.29, 1.82) is 0 Å². The molecule has 1 saturated carbocycles. The highest BCUT2D eigenvalue weighted by Gasteiger charge is 2.31. The second-order valence-electron chi connectivity index (χ2n) is 6.40. The number of carbonyl (C=O) groups is 1. The molecule has 1 fully saturated rings. The summed E-state index contributed by atoms with van der Waals surface area (Å²) in [6.45, 7) is 3.34. The SMILES string of the molecule is COc1ccc(S(=O)(=O)Nc2ccc(N(C(C)=O)C3CC3)cc2)cc1C. The predicted molar refractivity (Wildman–Crippen MR) is 101 cm³/mol. The third-order valence-corrected chi connectivity index (χ3v) is 5.70. The number of rotatable bonds is 6. The molecule has 1 amide bonds. The fourth-order valence-corrected chi connectivity index (χ4v) is 4.05. The third kappa shape index (κ3) is 3.83. The van der Waals surface area contributed by atoms with Crippen molar-refractivity contribution >= 4 is 27.3 Å². The van der Waals surface area contributed by atoms with Crippen molar-refractivity contribution in [3.63, 3.8) is 0 Å². The molecule has 1 N–H and O–H groups in total. The fraction of sp³-hybridized carbons (Fsp3) is 0.316. The van der Waals surface area contributed by atoms with Crippen LogP contribution in [-0.4, -0.2) is 27.5 Å². The second kappa shape index (κ2) is 6.99. The molecule has 3 rings (SSSR count). The first kappa shape index (κ1) is 18.3. The van der Waals surface area contributed by atoms with E-state index in [2.05, 4.69) is 4.72 Å². The van der Waals surface area contributed by atoms with E-state index in [1.54, 1.807) is 62.3 Å². The number of anilines is 2. The molecule has 1 aliphatic rings. The molecule has 26 heavy (non-hydrogen) atoms. The summed E-state index contributed by atoms with van der Waals surface area (Å²) in [7, 11) is -2.16. The normalized spacial score (nSPS) is 14.0. The number of carbonyl (C=O) groups excluding carboxylic acids is 1. The van der Waals surface area contributed by atoms with Crippen LogP contribution in [0.25, 0.3) is 0 Å². The summed E-state index contributed by atoms with van der Waals surface area (Å²) in [6.07, 6.45) is 2.01. The molecule has 7 heteroatoms. The Morgan fingerprint density at radius 1 is 1.15 bits per heavy atom. The summed E-state index contributed by atoms with van der Waals surface area (Å²) in [6, 6.07) is 11.8. The summed E-state index contributed by atoms with van der Waals surface area (Å²) < 4.78 is 32.9. The average Bonchev–Trinajstić information content (AvgIpc) is 3.41. The summed E-state index contributed by atoms with van der Waals surface area (Å²) in [4.78, 5) is 13.7. The van der Waals surface area contributed by atoms with Crippen molar-refractivity contribution in [2.75, 3.05) is 16.7 Å². The molecule has 0 unspecified atom stereocenters. The lowest BCUT2D eigenvalue weighted by Crippen LogP contribution is -2.30. The van der Waals surface area contributed by atoms with Crippen LogP contribution in [0.2, 0.25) is 0 Å². The van der Waals surface area contributed by atoms with Gasteiger partial charge in [-0.2, -0.15) is 0 Å². The van der Waals surface area contributed by atoms with Crippen LogP contribution in [0.5, 0.6) is 5.75 Å². The Morgan fingerprint density at radius 2 is 1.81 bits per heavy atom. The summed E-state index contributed by atoms with van der Waals surface area (Å²) >= 11 is 0. The monoisotopic (exact) mass is 374 g/mol. The highest BCUT2D eigenvalue weighted by Crippen LogP contribution is 2.32. The topological polar surface area (TPSA) is 75.7 Å². The molecule has 0 atom stereocenters. The van der Waals surface area contributed by atoms with Crippen LogP contribution in [0.3, 0.4) is 0 Å². The Morgan fingerprint density at radius 3 is 2.31 bits per heavy atom. The highest BCUT2D eigenvalue weighted by atomic mass is 32.2. The molecular formula is C19H22N2O4S. The number of nitrogens with one attached hydrogen (secondary N) is 1. The van der Waals surface area contributed by atoms with Crippen LogP contribution in [0.15, 0.2) is 47.4 Å². The van der Waals surface area contributed by atoms with Gasteiger partial charge >= 0.3 is 0 Å². The lowest BCUT2D eigenvalue weighted by Gasteiger charge is -2.21. The van der Waals surface area contributed by atoms with E-state index < -0.39 is 10.0 Å². The maximum absolute atomic E-state index is 12.6. The maximum Gasteiger partial charge on any atom is 0.261 e. The van der Waals surface area contributed by atoms with E-state index in [1.165, 1.54) is 6.07 Å². The van der Waals surface area contributed by atoms with Gasteiger partial charge < -0.3 is 9.64 Å². The van der Waals surface area contributed by atoms with Gasteiger partial charge in [-0.3, -0.25) is 9.52 Å². The first-order valence-corrected chi connectivity index (χ1v) is 9.87. The third-order valence-electron chi connectivity index (χ3n) is 4.33. The second-order valence-corrected chi connectivity index (χ2v) is 8.09. The Hall–Kier alpha value is -2.54. The Kier molecular flexibility index (Phi) is 4.91. The molecule has 0 bridgehead atoms. The zero-order valence-corrected chi connectivity index (χ0v) is 15.8. The van der Waals surface area contributed by atoms with Gasteiger partial charge in [0, 0.05) is 24.3 Å². The molecular weight excluding hydrogens is 352 g/mol. The molecule has 6 nitrogen and oxygen atoms in total. The van der Waals surface area contributed by atoms with Crippen LogP contribution < -0.4 is 14.4 Å². The smallest absolute Gasteiger partial charge is 0.261 e. The largest absolute Gasteiger partial charge is 0.496 e. The lowest BCUT2D eigenvalue weighted by molar-refractivity contribution is -0.116. The number of hydrogen-bond acceptors (Lipinski definition) is 4. The van der Waals surface area contributed by atoms with Crippen LogP contribution in [0.4, 0.5) is 11.4 Å². The van der Waals surface area contributed by atoms with Gasteiger partial charge in [-0.05, 0) is 67.8 Å². The summed E-state index contributed by atoms with van der Waals surface area (Å²) in [5.41, 5.74) is 1.97. The zero-order valence-electron chi connectivity index (χ0n) is 15.0. The fourth-order valence-electron chi connectivity index (χ4n) is 2.90. The standard InChI is InChI=1S/C19H22N2O4S/c1-13-12-18(10-11-19(13)25-3)26(23,24)20-15-4-6-16(7-5-15)21(14(2)22)17-8-9-17/h4-7,10-12,17,20H,8-9H2,1-3H3. The number of methoxy groups -OCH3 is 1. The van der Waals surface area contributed by atoms with Gasteiger partial charge in [-0.1, -0.05) is 0 Å². The van der Waals surface area contributed by atoms with E-state index in [-0.39, 0.29) is 16.8 Å². The van der Waals surface area contributed by atoms with E-state index in [9.17, 15) is 13.2 Å². The first-order valence-electron chi connectivity index (χ1n) is 8.39. The van der Waals surface area contributed by atoms with Crippen LogP contribution in [0, 0.1) is 6.92 Å². The molecule has 1 aliphatic carbocycles. The maximum atomic E-state index is 12.6. The van der Waals surface area contributed by atoms with Gasteiger partial charge in [0.2, 0.25) is 5.91 Å². The van der Waals surface area contributed by atoms with Crippen LogP contribution in [-0.2, 0) is 14.8 Å². The number of benzene rings is 2. The van der Waals surface area contributed by atoms with E-state index in [1.807, 2.05) is 0 Å². The van der Waals surface area contributed by atoms with Gasteiger partial charge in [0.25, 0.3) is 10.0 Å². The van der Waals surface area contributed by atoms with Crippen molar-refractivity contribution in [2.45, 2.75) is 37.6 Å². The van der Waals surface area contributed by atoms with Gasteiger partial charge in [0.15, 0.2) is 0 Å². The van der Waals surface area contributed by atoms with Crippen LogP contribution in [0.1, 0.15) is 25.3 Å². The van der Waals surface area contributed by atoms with E-state index in [0.717, 1.165) is 24.1 Å². The molecule has 0 aliphatic heterocycles. The Labute approximate surface area is 153 Å². The first-order chi connectivity index (χ1) is 12.3. The van der Waals surface area contributed by atoms with Crippen molar-refractivity contribution < 1.29 is 17.9 Å². The summed E-state index contributed by atoms with van der Waals surface area (Å²) in [5.74, 6) is 0.632. The van der Waals surface area contributed by atoms with E-state index in [0.29, 0.717) is 11.4 Å². The number of sulfonamides is 1. The van der Waals surface area contributed by atoms with Crippen molar-refractivity contribution in [1.82, 2.24) is 0 Å². The van der Waals surface area contributed by atoms with Crippen molar-refractivity contribution in [3.8, 4) is 5.75 Å². The molecule has 138 valence electrons. The number of nitrogens with zero attached hydrogens (tertiary/aromatic N) is 1. The molecule has 2 aromatic carbocycles. The Balaban J connectivity index is 1.79. The van der Waals surface area contributed by atoms with E-state index in [4.69, 9.17) is 4.74 Å². The minimum absolute atomic E-state index is 0.00506. The van der Waals surface area contributed by atoms with E-state index >= 15 is 0 Å². The quantitative estimate of drug-likeness (QED) is 0.842. The predicted octanol–water partition coefficient (Wildman–Crippen LogP) is 3.32. The van der Waals surface area contributed by atoms with Gasteiger partial charge in [0.1, 0.15) is 5.75 Å². The number of ether oxygens (including phenoxy) is 1. The number of aryl methyl sites for hydroxylation is 1. The van der Waals surface area contributed by atoms with Crippen molar-refractivity contribution in [2.24, 2.45) is 0 Å². The minimum Gasteiger partial charge on any atom is -0.496 e. The average molecular weight is 374 g/mol. The van der Waals surface area contributed by atoms with Crippen LogP contribution >= 0.6 is 0 Å². The molecule has 0 radical (unpaired) electrons. The Bertz CT molecular complexity index is 919. The minimum atomic E-state index is -3.70. The molecule has 0 aromatic heterocycles. The number of amides is 1. The van der Waals surface area contributed by atoms with Gasteiger partial charge in [-0.25, -0.2) is 8.42 Å². The molecule has 0 saturated heterocycles. The zero-order chi connectivity index (χ0) is 18.9. The molecule has 0 spiro atoms. The lowest BCUT2D eigenvalue weighted by atomic mass is 10.2. The number of hydrogen-bond donors (Lipinski definition) is 1.